The number of ether oxygens (including phenoxy) is 1. The minimum Gasteiger partial charge on any atom is -0.481 e. The van der Waals surface area contributed by atoms with Crippen molar-refractivity contribution in [3.05, 3.63) is 52.5 Å². The Morgan fingerprint density at radius 1 is 1.20 bits per heavy atom. The van der Waals surface area contributed by atoms with Crippen LogP contribution < -0.4 is 4.74 Å². The molecule has 1 N–H and O–H groups in total. The topological polar surface area (TPSA) is 46.5 Å². The van der Waals surface area contributed by atoms with E-state index in [0.29, 0.717) is 5.75 Å². The number of carbonyl (C=O) groups is 1. The van der Waals surface area contributed by atoms with E-state index in [-0.39, 0.29) is 27.9 Å². The maximum Gasteiger partial charge on any atom is 0.416 e. The molecule has 1 aliphatic carbocycles. The molecule has 1 aliphatic heterocycles. The quantitative estimate of drug-likeness (QED) is 0.764. The summed E-state index contributed by atoms with van der Waals surface area (Å²) >= 11 is 7.39. The van der Waals surface area contributed by atoms with Gasteiger partial charge in [0, 0.05) is 16.1 Å². The zero-order valence-corrected chi connectivity index (χ0v) is 14.0. The Morgan fingerprint density at radius 3 is 2.60 bits per heavy atom. The summed E-state index contributed by atoms with van der Waals surface area (Å²) in [5.41, 5.74) is 0.141. The molecule has 0 aromatic heterocycles. The lowest BCUT2D eigenvalue weighted by molar-refractivity contribution is -0.139. The van der Waals surface area contributed by atoms with Gasteiger partial charge in [-0.3, -0.25) is 4.79 Å². The molecule has 0 spiro atoms. The molecule has 4 rings (SSSR count). The first-order valence-electron chi connectivity index (χ1n) is 7.34. The Kier molecular flexibility index (Phi) is 3.70. The fraction of sp³-hybridized carbons (Fsp3) is 0.235. The summed E-state index contributed by atoms with van der Waals surface area (Å²) in [6.45, 7) is 0. The van der Waals surface area contributed by atoms with Gasteiger partial charge in [0.25, 0.3) is 0 Å². The van der Waals surface area contributed by atoms with Gasteiger partial charge in [-0.25, -0.2) is 0 Å². The highest BCUT2D eigenvalue weighted by Gasteiger charge is 2.60. The van der Waals surface area contributed by atoms with Crippen LogP contribution in [0.15, 0.2) is 41.3 Å². The van der Waals surface area contributed by atoms with Crippen molar-refractivity contribution in [1.29, 1.82) is 0 Å². The fourth-order valence-corrected chi connectivity index (χ4v) is 4.92. The van der Waals surface area contributed by atoms with Gasteiger partial charge in [-0.15, -0.1) is 11.8 Å². The third kappa shape index (κ3) is 2.85. The summed E-state index contributed by atoms with van der Waals surface area (Å²) in [6, 6.07) is 8.17. The molecule has 3 nitrogen and oxygen atoms in total. The first-order valence-corrected chi connectivity index (χ1v) is 8.59. The van der Waals surface area contributed by atoms with Gasteiger partial charge in [0.05, 0.1) is 16.5 Å². The number of hydrogen-bond acceptors (Lipinski definition) is 3. The van der Waals surface area contributed by atoms with Crippen LogP contribution >= 0.6 is 23.4 Å². The molecule has 2 aliphatic rings. The van der Waals surface area contributed by atoms with Crippen molar-refractivity contribution in [2.45, 2.75) is 22.2 Å². The second-order valence-electron chi connectivity index (χ2n) is 5.92. The minimum atomic E-state index is -4.46. The second kappa shape index (κ2) is 5.57. The maximum absolute atomic E-state index is 12.7. The van der Waals surface area contributed by atoms with Gasteiger partial charge < -0.3 is 9.84 Å². The van der Waals surface area contributed by atoms with E-state index in [9.17, 15) is 18.0 Å². The second-order valence-corrected chi connectivity index (χ2v) is 7.54. The van der Waals surface area contributed by atoms with E-state index in [1.54, 1.807) is 12.1 Å². The maximum atomic E-state index is 12.7. The first-order chi connectivity index (χ1) is 11.8. The summed E-state index contributed by atoms with van der Waals surface area (Å²) in [7, 11) is 0. The van der Waals surface area contributed by atoms with Crippen molar-refractivity contribution in [2.24, 2.45) is 5.92 Å². The highest BCUT2D eigenvalue weighted by atomic mass is 35.5. The van der Waals surface area contributed by atoms with Crippen LogP contribution in [-0.4, -0.2) is 16.3 Å². The van der Waals surface area contributed by atoms with Crippen LogP contribution in [0.3, 0.4) is 0 Å². The molecule has 8 heteroatoms. The van der Waals surface area contributed by atoms with Crippen LogP contribution in [0.2, 0.25) is 5.02 Å². The van der Waals surface area contributed by atoms with Gasteiger partial charge in [0.2, 0.25) is 0 Å². The van der Waals surface area contributed by atoms with Crippen LogP contribution in [0.25, 0.3) is 0 Å². The molecule has 0 amide bonds. The average molecular weight is 387 g/mol. The largest absolute Gasteiger partial charge is 0.481 e. The standard InChI is InChI=1S/C17H10ClF3O3S/c18-10-5-7(17(19,20)21)1-4-11(10)24-8-2-3-9-12(6-8)25-15-13(9)14(15)16(22)23/h1-6,13-15H,(H,22,23). The van der Waals surface area contributed by atoms with Crippen molar-refractivity contribution in [1.82, 2.24) is 0 Å². The predicted molar refractivity (Wildman–Crippen MR) is 86.5 cm³/mol. The summed E-state index contributed by atoms with van der Waals surface area (Å²) < 4.78 is 43.6. The van der Waals surface area contributed by atoms with Gasteiger partial charge in [-0.05, 0) is 35.9 Å². The normalized spacial score (nSPS) is 23.8. The Bertz CT molecular complexity index is 884. The Labute approximate surface area is 149 Å². The number of thioether (sulfide) groups is 1. The van der Waals surface area contributed by atoms with Crippen LogP contribution in [0, 0.1) is 5.92 Å². The zero-order valence-electron chi connectivity index (χ0n) is 12.4. The van der Waals surface area contributed by atoms with Gasteiger partial charge in [0.1, 0.15) is 11.5 Å². The fourth-order valence-electron chi connectivity index (χ4n) is 3.08. The summed E-state index contributed by atoms with van der Waals surface area (Å²) in [5.74, 6) is -0.521. The molecule has 25 heavy (non-hydrogen) atoms. The van der Waals surface area contributed by atoms with E-state index in [1.165, 1.54) is 17.8 Å². The molecule has 2 aromatic rings. The Hall–Kier alpha value is -1.86. The lowest BCUT2D eigenvalue weighted by atomic mass is 10.1. The van der Waals surface area contributed by atoms with Gasteiger partial charge >= 0.3 is 12.1 Å². The third-order valence-electron chi connectivity index (χ3n) is 4.33. The van der Waals surface area contributed by atoms with Crippen molar-refractivity contribution < 1.29 is 27.8 Å². The monoisotopic (exact) mass is 386 g/mol. The number of aliphatic carboxylic acids is 1. The van der Waals surface area contributed by atoms with E-state index >= 15 is 0 Å². The first kappa shape index (κ1) is 16.6. The van der Waals surface area contributed by atoms with Crippen LogP contribution in [0.4, 0.5) is 13.2 Å². The van der Waals surface area contributed by atoms with Gasteiger partial charge in [-0.1, -0.05) is 17.7 Å². The number of carboxylic acid groups (broad SMARTS) is 1. The van der Waals surface area contributed by atoms with E-state index in [2.05, 4.69) is 0 Å². The number of hydrogen-bond donors (Lipinski definition) is 1. The van der Waals surface area contributed by atoms with Crippen molar-refractivity contribution >= 4 is 29.3 Å². The van der Waals surface area contributed by atoms with Crippen LogP contribution in [-0.2, 0) is 11.0 Å². The lowest BCUT2D eigenvalue weighted by Crippen LogP contribution is -2.04. The van der Waals surface area contributed by atoms with E-state index in [0.717, 1.165) is 22.6 Å². The molecule has 3 unspecified atom stereocenters. The highest BCUT2D eigenvalue weighted by Crippen LogP contribution is 2.65. The zero-order chi connectivity index (χ0) is 17.9. The predicted octanol–water partition coefficient (Wildman–Crippen LogP) is 5.42. The molecule has 0 bridgehead atoms. The molecule has 1 heterocycles. The molecule has 3 atom stereocenters. The van der Waals surface area contributed by atoms with Crippen LogP contribution in [0.5, 0.6) is 11.5 Å². The SMILES string of the molecule is O=C(O)C1C2Sc3cc(Oc4ccc(C(F)(F)F)cc4Cl)ccc3C21. The number of rotatable bonds is 3. The molecule has 1 fully saturated rings. The highest BCUT2D eigenvalue weighted by molar-refractivity contribution is 8.00. The molecule has 2 aromatic carbocycles. The molecular formula is C17H10ClF3O3S. The minimum absolute atomic E-state index is 0.0289. The summed E-state index contributed by atoms with van der Waals surface area (Å²) in [6.07, 6.45) is -4.46. The number of fused-ring (bicyclic) bond motifs is 3. The lowest BCUT2D eigenvalue weighted by Gasteiger charge is -2.12. The summed E-state index contributed by atoms with van der Waals surface area (Å²) in [4.78, 5) is 12.0. The Balaban J connectivity index is 1.55. The van der Waals surface area contributed by atoms with E-state index < -0.39 is 17.7 Å². The van der Waals surface area contributed by atoms with Crippen molar-refractivity contribution in [2.75, 3.05) is 0 Å². The van der Waals surface area contributed by atoms with E-state index in [4.69, 9.17) is 21.4 Å². The van der Waals surface area contributed by atoms with Crippen molar-refractivity contribution in [3.8, 4) is 11.5 Å². The molecule has 0 radical (unpaired) electrons. The third-order valence-corrected chi connectivity index (χ3v) is 6.09. The number of alkyl halides is 3. The molecule has 130 valence electrons. The summed E-state index contributed by atoms with van der Waals surface area (Å²) in [5, 5.41) is 9.04. The Morgan fingerprint density at radius 2 is 1.96 bits per heavy atom. The molecule has 0 saturated heterocycles. The number of halogens is 4. The van der Waals surface area contributed by atoms with E-state index in [1.807, 2.05) is 6.07 Å². The molecule has 1 saturated carbocycles. The van der Waals surface area contributed by atoms with Gasteiger partial charge in [0.15, 0.2) is 0 Å². The van der Waals surface area contributed by atoms with Crippen molar-refractivity contribution in [3.63, 3.8) is 0 Å². The smallest absolute Gasteiger partial charge is 0.416 e. The average Bonchev–Trinajstić information content (AvgIpc) is 3.12. The van der Waals surface area contributed by atoms with Crippen LogP contribution in [0.1, 0.15) is 17.0 Å². The number of carboxylic acids is 1. The van der Waals surface area contributed by atoms with Gasteiger partial charge in [-0.2, -0.15) is 13.2 Å². The number of benzene rings is 2. The molecular weight excluding hydrogens is 377 g/mol.